The average molecular weight is 338 g/mol. The summed E-state index contributed by atoms with van der Waals surface area (Å²) in [7, 11) is 0. The second-order valence-electron chi connectivity index (χ2n) is 5.70. The maximum Gasteiger partial charge on any atom is 0.281 e. The standard InChI is InChI=1S/C16H17F2N3OS/c17-12-5-4-11(8-13(12)18)14-10-23-16(19-14)20-15(22)9-21-6-2-1-3-7-21/h4-5,8,10H,1-3,6-7,9H2,(H,19,20,22)/p+1. The van der Waals surface area contributed by atoms with Crippen molar-refractivity contribution in [3.63, 3.8) is 0 Å². The molecule has 1 aromatic heterocycles. The smallest absolute Gasteiger partial charge is 0.281 e. The van der Waals surface area contributed by atoms with Crippen LogP contribution in [0.25, 0.3) is 11.3 Å². The van der Waals surface area contributed by atoms with Crippen LogP contribution in [0, 0.1) is 11.6 Å². The highest BCUT2D eigenvalue weighted by molar-refractivity contribution is 7.14. The van der Waals surface area contributed by atoms with Crippen LogP contribution in [0.5, 0.6) is 0 Å². The van der Waals surface area contributed by atoms with Gasteiger partial charge < -0.3 is 4.90 Å². The first kappa shape index (κ1) is 16.0. The molecule has 23 heavy (non-hydrogen) atoms. The number of piperidine rings is 1. The molecule has 3 rings (SSSR count). The van der Waals surface area contributed by atoms with Crippen molar-refractivity contribution in [2.45, 2.75) is 19.3 Å². The van der Waals surface area contributed by atoms with Crippen molar-refractivity contribution >= 4 is 22.4 Å². The SMILES string of the molecule is O=C(C[NH+]1CCCCC1)Nc1nc(-c2ccc(F)c(F)c2)cs1. The van der Waals surface area contributed by atoms with E-state index in [1.165, 1.54) is 41.6 Å². The Balaban J connectivity index is 1.62. The number of aromatic nitrogens is 1. The van der Waals surface area contributed by atoms with Crippen molar-refractivity contribution in [1.82, 2.24) is 4.98 Å². The first-order chi connectivity index (χ1) is 11.1. The number of anilines is 1. The second-order valence-corrected chi connectivity index (χ2v) is 6.56. The average Bonchev–Trinajstić information content (AvgIpc) is 2.99. The highest BCUT2D eigenvalue weighted by Gasteiger charge is 2.18. The fourth-order valence-electron chi connectivity index (χ4n) is 2.74. The lowest BCUT2D eigenvalue weighted by atomic mass is 10.1. The minimum absolute atomic E-state index is 0.0620. The van der Waals surface area contributed by atoms with E-state index < -0.39 is 11.6 Å². The first-order valence-electron chi connectivity index (χ1n) is 7.66. The van der Waals surface area contributed by atoms with Gasteiger partial charge in [-0.15, -0.1) is 11.3 Å². The van der Waals surface area contributed by atoms with E-state index in [1.54, 1.807) is 5.38 Å². The number of nitrogens with zero attached hydrogens (tertiary/aromatic N) is 1. The van der Waals surface area contributed by atoms with Crippen molar-refractivity contribution in [1.29, 1.82) is 0 Å². The van der Waals surface area contributed by atoms with E-state index in [9.17, 15) is 13.6 Å². The van der Waals surface area contributed by atoms with Crippen molar-refractivity contribution in [2.75, 3.05) is 25.0 Å². The summed E-state index contributed by atoms with van der Waals surface area (Å²) in [6.45, 7) is 2.51. The zero-order valence-electron chi connectivity index (χ0n) is 12.6. The molecule has 2 aromatic rings. The van der Waals surface area contributed by atoms with E-state index in [1.807, 2.05) is 0 Å². The van der Waals surface area contributed by atoms with Crippen LogP contribution in [0.4, 0.5) is 13.9 Å². The third-order valence-electron chi connectivity index (χ3n) is 3.94. The Morgan fingerprint density at radius 1 is 1.22 bits per heavy atom. The molecular weight excluding hydrogens is 320 g/mol. The van der Waals surface area contributed by atoms with Gasteiger partial charge >= 0.3 is 0 Å². The van der Waals surface area contributed by atoms with Gasteiger partial charge in [0.1, 0.15) is 0 Å². The van der Waals surface area contributed by atoms with E-state index in [2.05, 4.69) is 10.3 Å². The number of hydrogen-bond donors (Lipinski definition) is 2. The molecule has 0 atom stereocenters. The predicted octanol–water partition coefficient (Wildman–Crippen LogP) is 2.10. The Hall–Kier alpha value is -1.86. The van der Waals surface area contributed by atoms with Gasteiger partial charge in [-0.2, -0.15) is 0 Å². The number of nitrogens with one attached hydrogen (secondary N) is 2. The molecule has 1 aromatic carbocycles. The number of amides is 1. The van der Waals surface area contributed by atoms with E-state index in [-0.39, 0.29) is 5.91 Å². The Labute approximate surface area is 137 Å². The molecule has 0 saturated carbocycles. The van der Waals surface area contributed by atoms with Crippen molar-refractivity contribution < 1.29 is 18.5 Å². The van der Waals surface area contributed by atoms with Crippen molar-refractivity contribution in [3.05, 3.63) is 35.2 Å². The quantitative estimate of drug-likeness (QED) is 0.897. The number of benzene rings is 1. The van der Waals surface area contributed by atoms with Gasteiger partial charge in [0.2, 0.25) is 0 Å². The molecule has 0 bridgehead atoms. The van der Waals surface area contributed by atoms with Crippen LogP contribution in [0.1, 0.15) is 19.3 Å². The van der Waals surface area contributed by atoms with Crippen molar-refractivity contribution in [3.8, 4) is 11.3 Å². The van der Waals surface area contributed by atoms with Gasteiger partial charge in [0.15, 0.2) is 23.3 Å². The Morgan fingerprint density at radius 3 is 2.74 bits per heavy atom. The third kappa shape index (κ3) is 4.11. The Bertz CT molecular complexity index is 698. The minimum Gasteiger partial charge on any atom is -0.327 e. The highest BCUT2D eigenvalue weighted by atomic mass is 32.1. The van der Waals surface area contributed by atoms with Crippen LogP contribution in [-0.2, 0) is 4.79 Å². The number of carbonyl (C=O) groups excluding carboxylic acids is 1. The molecular formula is C16H18F2N3OS+. The summed E-state index contributed by atoms with van der Waals surface area (Å²) < 4.78 is 26.2. The van der Waals surface area contributed by atoms with Crippen LogP contribution in [0.15, 0.2) is 23.6 Å². The summed E-state index contributed by atoms with van der Waals surface area (Å²) in [4.78, 5) is 17.6. The highest BCUT2D eigenvalue weighted by Crippen LogP contribution is 2.25. The second kappa shape index (κ2) is 7.14. The molecule has 1 amide bonds. The van der Waals surface area contributed by atoms with Crippen LogP contribution >= 0.6 is 11.3 Å². The lowest BCUT2D eigenvalue weighted by molar-refractivity contribution is -0.896. The van der Waals surface area contributed by atoms with Gasteiger partial charge in [0.05, 0.1) is 18.8 Å². The molecule has 0 unspecified atom stereocenters. The first-order valence-corrected chi connectivity index (χ1v) is 8.54. The van der Waals surface area contributed by atoms with Crippen molar-refractivity contribution in [2.24, 2.45) is 0 Å². The van der Waals surface area contributed by atoms with Crippen LogP contribution in [-0.4, -0.2) is 30.5 Å². The van der Waals surface area contributed by atoms with Crippen LogP contribution in [0.2, 0.25) is 0 Å². The molecule has 1 aliphatic heterocycles. The third-order valence-corrected chi connectivity index (χ3v) is 4.69. The fourth-order valence-corrected chi connectivity index (χ4v) is 3.47. The van der Waals surface area contributed by atoms with E-state index in [0.717, 1.165) is 25.2 Å². The number of halogens is 2. The summed E-state index contributed by atoms with van der Waals surface area (Å²) in [5, 5.41) is 4.98. The molecule has 122 valence electrons. The summed E-state index contributed by atoms with van der Waals surface area (Å²) in [5.41, 5.74) is 1.01. The summed E-state index contributed by atoms with van der Waals surface area (Å²) in [5.74, 6) is -1.86. The fraction of sp³-hybridized carbons (Fsp3) is 0.375. The normalized spacial score (nSPS) is 15.6. The van der Waals surface area contributed by atoms with Gasteiger partial charge in [0, 0.05) is 10.9 Å². The molecule has 7 heteroatoms. The summed E-state index contributed by atoms with van der Waals surface area (Å²) >= 11 is 1.28. The maximum absolute atomic E-state index is 13.3. The molecule has 1 saturated heterocycles. The van der Waals surface area contributed by atoms with E-state index in [0.29, 0.717) is 22.9 Å². The molecule has 0 spiro atoms. The van der Waals surface area contributed by atoms with Gasteiger partial charge in [-0.1, -0.05) is 0 Å². The van der Waals surface area contributed by atoms with Gasteiger partial charge in [-0.3, -0.25) is 10.1 Å². The number of likely N-dealkylation sites (tertiary alicyclic amines) is 1. The molecule has 0 radical (unpaired) electrons. The van der Waals surface area contributed by atoms with Gasteiger partial charge in [0.25, 0.3) is 5.91 Å². The molecule has 2 heterocycles. The number of quaternary nitrogens is 1. The van der Waals surface area contributed by atoms with Crippen LogP contribution < -0.4 is 10.2 Å². The van der Waals surface area contributed by atoms with E-state index in [4.69, 9.17) is 0 Å². The molecule has 0 aliphatic carbocycles. The Kier molecular flexibility index (Phi) is 4.97. The predicted molar refractivity (Wildman–Crippen MR) is 85.5 cm³/mol. The lowest BCUT2D eigenvalue weighted by Gasteiger charge is -2.22. The van der Waals surface area contributed by atoms with Gasteiger partial charge in [-0.25, -0.2) is 13.8 Å². The zero-order chi connectivity index (χ0) is 16.2. The Morgan fingerprint density at radius 2 is 2.00 bits per heavy atom. The number of rotatable bonds is 4. The monoisotopic (exact) mass is 338 g/mol. The zero-order valence-corrected chi connectivity index (χ0v) is 13.4. The molecule has 2 N–H and O–H groups in total. The summed E-state index contributed by atoms with van der Waals surface area (Å²) in [6.07, 6.45) is 3.58. The summed E-state index contributed by atoms with van der Waals surface area (Å²) in [6, 6.07) is 3.65. The molecule has 1 fully saturated rings. The van der Waals surface area contributed by atoms with E-state index >= 15 is 0 Å². The maximum atomic E-state index is 13.3. The lowest BCUT2D eigenvalue weighted by Crippen LogP contribution is -3.13. The number of thiazole rings is 1. The largest absolute Gasteiger partial charge is 0.327 e. The number of hydrogen-bond acceptors (Lipinski definition) is 3. The molecule has 1 aliphatic rings. The van der Waals surface area contributed by atoms with Crippen LogP contribution in [0.3, 0.4) is 0 Å². The topological polar surface area (TPSA) is 46.4 Å². The van der Waals surface area contributed by atoms with Gasteiger partial charge in [-0.05, 0) is 37.5 Å². The minimum atomic E-state index is -0.908. The number of carbonyl (C=O) groups is 1. The molecule has 4 nitrogen and oxygen atoms in total.